The standard InChI is InChI=1S/C10H19NO3/c1-2-9(10(13)14)11-5-3-4-8(6-11)7-12/h8-9,12H,2-7H2,1H3,(H,13,14). The zero-order valence-corrected chi connectivity index (χ0v) is 8.65. The molecule has 82 valence electrons. The summed E-state index contributed by atoms with van der Waals surface area (Å²) in [5, 5.41) is 18.0. The quantitative estimate of drug-likeness (QED) is 0.697. The van der Waals surface area contributed by atoms with E-state index in [1.165, 1.54) is 0 Å². The summed E-state index contributed by atoms with van der Waals surface area (Å²) in [6, 6.07) is -0.371. The van der Waals surface area contributed by atoms with Gasteiger partial charge in [-0.2, -0.15) is 0 Å². The average molecular weight is 201 g/mol. The minimum absolute atomic E-state index is 0.173. The Morgan fingerprint density at radius 1 is 1.64 bits per heavy atom. The van der Waals surface area contributed by atoms with E-state index in [4.69, 9.17) is 10.2 Å². The van der Waals surface area contributed by atoms with Gasteiger partial charge in [-0.25, -0.2) is 0 Å². The van der Waals surface area contributed by atoms with E-state index < -0.39 is 5.97 Å². The number of piperidine rings is 1. The first-order valence-corrected chi connectivity index (χ1v) is 5.26. The maximum Gasteiger partial charge on any atom is 0.320 e. The molecule has 1 heterocycles. The monoisotopic (exact) mass is 201 g/mol. The predicted octanol–water partition coefficient (Wildman–Crippen LogP) is 0.554. The van der Waals surface area contributed by atoms with Gasteiger partial charge in [-0.3, -0.25) is 9.69 Å². The van der Waals surface area contributed by atoms with Gasteiger partial charge in [0.25, 0.3) is 0 Å². The number of aliphatic hydroxyl groups is 1. The molecular weight excluding hydrogens is 182 g/mol. The van der Waals surface area contributed by atoms with Gasteiger partial charge in [-0.15, -0.1) is 0 Å². The molecule has 0 radical (unpaired) electrons. The van der Waals surface area contributed by atoms with Crippen molar-refractivity contribution in [3.63, 3.8) is 0 Å². The van der Waals surface area contributed by atoms with Crippen molar-refractivity contribution in [2.75, 3.05) is 19.7 Å². The molecule has 1 aliphatic heterocycles. The van der Waals surface area contributed by atoms with Crippen LogP contribution < -0.4 is 0 Å². The van der Waals surface area contributed by atoms with Crippen molar-refractivity contribution in [1.82, 2.24) is 4.90 Å². The van der Waals surface area contributed by atoms with Crippen LogP contribution in [-0.2, 0) is 4.79 Å². The third-order valence-corrected chi connectivity index (χ3v) is 2.92. The van der Waals surface area contributed by atoms with Gasteiger partial charge in [0.15, 0.2) is 0 Å². The predicted molar refractivity (Wildman–Crippen MR) is 53.1 cm³/mol. The van der Waals surface area contributed by atoms with E-state index in [9.17, 15) is 4.79 Å². The smallest absolute Gasteiger partial charge is 0.320 e. The Morgan fingerprint density at radius 3 is 2.86 bits per heavy atom. The maximum atomic E-state index is 10.9. The van der Waals surface area contributed by atoms with Crippen LogP contribution in [0.1, 0.15) is 26.2 Å². The van der Waals surface area contributed by atoms with Gasteiger partial charge in [0.1, 0.15) is 6.04 Å². The minimum atomic E-state index is -0.744. The van der Waals surface area contributed by atoms with Crippen molar-refractivity contribution in [2.45, 2.75) is 32.2 Å². The van der Waals surface area contributed by atoms with Crippen molar-refractivity contribution < 1.29 is 15.0 Å². The fraction of sp³-hybridized carbons (Fsp3) is 0.900. The first-order chi connectivity index (χ1) is 6.69. The van der Waals surface area contributed by atoms with Crippen molar-refractivity contribution in [3.8, 4) is 0 Å². The number of carbonyl (C=O) groups is 1. The molecular formula is C10H19NO3. The van der Waals surface area contributed by atoms with E-state index in [-0.39, 0.29) is 18.6 Å². The van der Waals surface area contributed by atoms with Crippen molar-refractivity contribution in [2.24, 2.45) is 5.92 Å². The number of nitrogens with zero attached hydrogens (tertiary/aromatic N) is 1. The van der Waals surface area contributed by atoms with Gasteiger partial charge in [0.05, 0.1) is 0 Å². The second-order valence-electron chi connectivity index (χ2n) is 3.95. The van der Waals surface area contributed by atoms with Gasteiger partial charge < -0.3 is 10.2 Å². The zero-order valence-electron chi connectivity index (χ0n) is 8.65. The summed E-state index contributed by atoms with van der Waals surface area (Å²) >= 11 is 0. The van der Waals surface area contributed by atoms with Crippen LogP contribution in [0, 0.1) is 5.92 Å². The Morgan fingerprint density at radius 2 is 2.36 bits per heavy atom. The lowest BCUT2D eigenvalue weighted by Gasteiger charge is -2.35. The van der Waals surface area contributed by atoms with E-state index in [0.717, 1.165) is 25.9 Å². The Hall–Kier alpha value is -0.610. The van der Waals surface area contributed by atoms with Crippen LogP contribution in [0.5, 0.6) is 0 Å². The third-order valence-electron chi connectivity index (χ3n) is 2.92. The first-order valence-electron chi connectivity index (χ1n) is 5.26. The van der Waals surface area contributed by atoms with Crippen LogP contribution in [0.15, 0.2) is 0 Å². The number of aliphatic carboxylic acids is 1. The van der Waals surface area contributed by atoms with Gasteiger partial charge in [0.2, 0.25) is 0 Å². The normalized spacial score (nSPS) is 26.0. The molecule has 14 heavy (non-hydrogen) atoms. The number of rotatable bonds is 4. The number of carboxylic acids is 1. The number of likely N-dealkylation sites (tertiary alicyclic amines) is 1. The molecule has 0 amide bonds. The topological polar surface area (TPSA) is 60.8 Å². The summed E-state index contributed by atoms with van der Waals surface area (Å²) in [6.07, 6.45) is 2.64. The molecule has 1 aliphatic rings. The lowest BCUT2D eigenvalue weighted by atomic mass is 9.97. The van der Waals surface area contributed by atoms with Crippen LogP contribution in [0.4, 0.5) is 0 Å². The van der Waals surface area contributed by atoms with E-state index in [1.807, 2.05) is 11.8 Å². The van der Waals surface area contributed by atoms with Crippen LogP contribution >= 0.6 is 0 Å². The van der Waals surface area contributed by atoms with Gasteiger partial charge in [-0.05, 0) is 31.7 Å². The molecule has 2 atom stereocenters. The first kappa shape index (κ1) is 11.5. The largest absolute Gasteiger partial charge is 0.480 e. The molecule has 0 aliphatic carbocycles. The molecule has 0 aromatic carbocycles. The highest BCUT2D eigenvalue weighted by atomic mass is 16.4. The Labute approximate surface area is 84.5 Å². The van der Waals surface area contributed by atoms with E-state index in [0.29, 0.717) is 6.42 Å². The van der Waals surface area contributed by atoms with Crippen molar-refractivity contribution in [3.05, 3.63) is 0 Å². The van der Waals surface area contributed by atoms with E-state index >= 15 is 0 Å². The fourth-order valence-electron chi connectivity index (χ4n) is 2.12. The Balaban J connectivity index is 2.53. The summed E-state index contributed by atoms with van der Waals surface area (Å²) in [6.45, 7) is 3.64. The number of hydrogen-bond acceptors (Lipinski definition) is 3. The molecule has 4 nitrogen and oxygen atoms in total. The number of hydrogen-bond donors (Lipinski definition) is 2. The molecule has 0 bridgehead atoms. The zero-order chi connectivity index (χ0) is 10.6. The van der Waals surface area contributed by atoms with Crippen LogP contribution in [-0.4, -0.2) is 46.8 Å². The maximum absolute atomic E-state index is 10.9. The summed E-state index contributed by atoms with van der Waals surface area (Å²) in [7, 11) is 0. The lowest BCUT2D eigenvalue weighted by molar-refractivity contribution is -0.144. The molecule has 2 unspecified atom stereocenters. The summed E-state index contributed by atoms with van der Waals surface area (Å²) < 4.78 is 0. The molecule has 1 fully saturated rings. The highest BCUT2D eigenvalue weighted by Crippen LogP contribution is 2.19. The number of carboxylic acid groups (broad SMARTS) is 1. The Kier molecular flexibility index (Phi) is 4.35. The molecule has 0 spiro atoms. The number of aliphatic hydroxyl groups excluding tert-OH is 1. The third kappa shape index (κ3) is 2.69. The van der Waals surface area contributed by atoms with Gasteiger partial charge in [0, 0.05) is 13.2 Å². The minimum Gasteiger partial charge on any atom is -0.480 e. The lowest BCUT2D eigenvalue weighted by Crippen LogP contribution is -2.47. The average Bonchev–Trinajstić information content (AvgIpc) is 2.19. The second-order valence-corrected chi connectivity index (χ2v) is 3.95. The molecule has 4 heteroatoms. The molecule has 1 rings (SSSR count). The second kappa shape index (κ2) is 5.32. The summed E-state index contributed by atoms with van der Waals surface area (Å²) in [5.41, 5.74) is 0. The fourth-order valence-corrected chi connectivity index (χ4v) is 2.12. The molecule has 1 saturated heterocycles. The van der Waals surface area contributed by atoms with Gasteiger partial charge >= 0.3 is 5.97 Å². The van der Waals surface area contributed by atoms with Crippen molar-refractivity contribution >= 4 is 5.97 Å². The van der Waals surface area contributed by atoms with E-state index in [2.05, 4.69) is 0 Å². The summed E-state index contributed by atoms with van der Waals surface area (Å²) in [4.78, 5) is 12.9. The van der Waals surface area contributed by atoms with Crippen LogP contribution in [0.3, 0.4) is 0 Å². The molecule has 0 aromatic rings. The van der Waals surface area contributed by atoms with Crippen LogP contribution in [0.25, 0.3) is 0 Å². The molecule has 2 N–H and O–H groups in total. The Bertz CT molecular complexity index is 196. The SMILES string of the molecule is CCC(C(=O)O)N1CCCC(CO)C1. The summed E-state index contributed by atoms with van der Waals surface area (Å²) in [5.74, 6) is -0.483. The molecule has 0 aromatic heterocycles. The molecule has 0 saturated carbocycles. The highest BCUT2D eigenvalue weighted by Gasteiger charge is 2.28. The van der Waals surface area contributed by atoms with E-state index in [1.54, 1.807) is 0 Å². The highest BCUT2D eigenvalue weighted by molar-refractivity contribution is 5.73. The van der Waals surface area contributed by atoms with Gasteiger partial charge in [-0.1, -0.05) is 6.92 Å². The van der Waals surface area contributed by atoms with Crippen molar-refractivity contribution in [1.29, 1.82) is 0 Å². The van der Waals surface area contributed by atoms with Crippen LogP contribution in [0.2, 0.25) is 0 Å².